The van der Waals surface area contributed by atoms with Crippen molar-refractivity contribution in [3.05, 3.63) is 25.3 Å². The number of aliphatic hydroxyl groups excluding tert-OH is 1. The molecule has 3 aliphatic heterocycles. The lowest BCUT2D eigenvalue weighted by molar-refractivity contribution is -0.153. The number of aliphatic hydroxyl groups is 1. The topological polar surface area (TPSA) is 87.1 Å². The number of carbonyl (C=O) groups excluding carboxylic acids is 3. The van der Waals surface area contributed by atoms with Crippen LogP contribution in [0.4, 0.5) is 0 Å². The average Bonchev–Trinajstić information content (AvgIpc) is 3.36. The zero-order valence-electron chi connectivity index (χ0n) is 20.5. The predicted molar refractivity (Wildman–Crippen MR) is 138 cm³/mol. The molecule has 3 rings (SSSR count). The second-order valence-corrected chi connectivity index (χ2v) is 12.9. The van der Waals surface area contributed by atoms with E-state index in [1.807, 2.05) is 27.7 Å². The lowest BCUT2D eigenvalue weighted by Gasteiger charge is -2.41. The molecule has 7 atom stereocenters. The smallest absolute Gasteiger partial charge is 0.311 e. The minimum atomic E-state index is -0.768. The maximum atomic E-state index is 14.2. The van der Waals surface area contributed by atoms with E-state index < -0.39 is 34.6 Å². The van der Waals surface area contributed by atoms with Crippen molar-refractivity contribution in [2.24, 2.45) is 17.8 Å². The molecular formula is C25H37BrN2O5S. The Morgan fingerprint density at radius 2 is 2.00 bits per heavy atom. The fourth-order valence-corrected chi connectivity index (χ4v) is 9.50. The normalized spacial score (nSPS) is 32.8. The van der Waals surface area contributed by atoms with Gasteiger partial charge in [0.1, 0.15) is 12.6 Å². The van der Waals surface area contributed by atoms with Crippen LogP contribution in [-0.4, -0.2) is 85.4 Å². The van der Waals surface area contributed by atoms with E-state index in [1.54, 1.807) is 27.6 Å². The Bertz CT molecular complexity index is 836. The molecular weight excluding hydrogens is 520 g/mol. The molecule has 7 nitrogen and oxygen atoms in total. The maximum absolute atomic E-state index is 14.2. The molecule has 0 saturated carbocycles. The first-order valence-corrected chi connectivity index (χ1v) is 13.8. The van der Waals surface area contributed by atoms with Gasteiger partial charge in [-0.2, -0.15) is 0 Å². The van der Waals surface area contributed by atoms with Crippen LogP contribution in [0.2, 0.25) is 0 Å². The van der Waals surface area contributed by atoms with E-state index in [2.05, 4.69) is 29.1 Å². The third kappa shape index (κ3) is 4.48. The summed E-state index contributed by atoms with van der Waals surface area (Å²) in [6, 6.07) is -1.36. The number of likely N-dealkylation sites (tertiary alicyclic amines) is 1. The van der Waals surface area contributed by atoms with Crippen molar-refractivity contribution in [2.75, 3.05) is 19.8 Å². The summed E-state index contributed by atoms with van der Waals surface area (Å²) < 4.78 is 4.66. The highest BCUT2D eigenvalue weighted by Crippen LogP contribution is 2.68. The number of alkyl halides is 1. The van der Waals surface area contributed by atoms with Gasteiger partial charge in [0.05, 0.1) is 29.2 Å². The van der Waals surface area contributed by atoms with Gasteiger partial charge < -0.3 is 19.6 Å². The number of fused-ring (bicyclic) bond motifs is 1. The Kier molecular flexibility index (Phi) is 8.62. The van der Waals surface area contributed by atoms with Gasteiger partial charge >= 0.3 is 5.97 Å². The van der Waals surface area contributed by atoms with Crippen LogP contribution in [-0.2, 0) is 19.1 Å². The van der Waals surface area contributed by atoms with Gasteiger partial charge in [0.25, 0.3) is 0 Å². The summed E-state index contributed by atoms with van der Waals surface area (Å²) in [5.41, 5.74) is 0. The molecule has 3 aliphatic rings. The molecule has 0 aromatic heterocycles. The van der Waals surface area contributed by atoms with Crippen LogP contribution in [0.25, 0.3) is 0 Å². The Labute approximate surface area is 215 Å². The Balaban J connectivity index is 2.12. The van der Waals surface area contributed by atoms with Crippen LogP contribution < -0.4 is 0 Å². The highest BCUT2D eigenvalue weighted by molar-refractivity contribution is 9.09. The first-order valence-electron chi connectivity index (χ1n) is 12.0. The molecule has 190 valence electrons. The number of amides is 2. The van der Waals surface area contributed by atoms with E-state index in [-0.39, 0.29) is 47.1 Å². The number of halogens is 1. The molecule has 3 fully saturated rings. The lowest BCUT2D eigenvalue weighted by atomic mass is 9.71. The van der Waals surface area contributed by atoms with E-state index in [9.17, 15) is 19.5 Å². The van der Waals surface area contributed by atoms with Crippen molar-refractivity contribution in [3.8, 4) is 0 Å². The summed E-state index contributed by atoms with van der Waals surface area (Å²) in [6.07, 6.45) is 4.36. The molecule has 34 heavy (non-hydrogen) atoms. The number of rotatable bonds is 11. The Hall–Kier alpha value is -1.32. The number of ether oxygens (including phenoxy) is 1. The van der Waals surface area contributed by atoms with Crippen LogP contribution in [0.3, 0.4) is 0 Å². The zero-order valence-corrected chi connectivity index (χ0v) is 22.9. The minimum absolute atomic E-state index is 0.0253. The van der Waals surface area contributed by atoms with Crippen LogP contribution in [0, 0.1) is 17.8 Å². The molecule has 3 unspecified atom stereocenters. The van der Waals surface area contributed by atoms with Gasteiger partial charge in [-0.3, -0.25) is 14.4 Å². The summed E-state index contributed by atoms with van der Waals surface area (Å²) in [4.78, 5) is 44.7. The van der Waals surface area contributed by atoms with E-state index in [4.69, 9.17) is 4.74 Å². The van der Waals surface area contributed by atoms with Crippen molar-refractivity contribution < 1.29 is 24.2 Å². The molecule has 0 aromatic rings. The van der Waals surface area contributed by atoms with Crippen molar-refractivity contribution in [1.29, 1.82) is 0 Å². The molecule has 2 bridgehead atoms. The third-order valence-corrected chi connectivity index (χ3v) is 10.4. The SMILES string of the molecule is C=CCOC(=O)[C@H]1[C@H]2C(=O)N([C@@H](CO)CC(C)C)C(C(=O)N(CC=C)C(C)C)C23CC(Br)[C@@H]1S3. The van der Waals surface area contributed by atoms with Crippen molar-refractivity contribution in [2.45, 2.75) is 73.5 Å². The molecule has 2 amide bonds. The highest BCUT2D eigenvalue weighted by atomic mass is 79.9. The quantitative estimate of drug-likeness (QED) is 0.239. The second kappa shape index (κ2) is 10.7. The summed E-state index contributed by atoms with van der Waals surface area (Å²) >= 11 is 5.32. The lowest BCUT2D eigenvalue weighted by Crippen LogP contribution is -2.59. The molecule has 0 aromatic carbocycles. The number of nitrogens with zero attached hydrogens (tertiary/aromatic N) is 2. The number of hydrogen-bond acceptors (Lipinski definition) is 6. The van der Waals surface area contributed by atoms with Gasteiger partial charge in [-0.15, -0.1) is 18.3 Å². The van der Waals surface area contributed by atoms with Crippen molar-refractivity contribution in [1.82, 2.24) is 9.80 Å². The molecule has 3 heterocycles. The zero-order chi connectivity index (χ0) is 25.4. The van der Waals surface area contributed by atoms with Gasteiger partial charge in [0.2, 0.25) is 11.8 Å². The largest absolute Gasteiger partial charge is 0.461 e. The molecule has 0 aliphatic carbocycles. The number of esters is 1. The molecule has 0 radical (unpaired) electrons. The maximum Gasteiger partial charge on any atom is 0.311 e. The van der Waals surface area contributed by atoms with E-state index >= 15 is 0 Å². The van der Waals surface area contributed by atoms with E-state index in [0.29, 0.717) is 19.4 Å². The molecule has 3 saturated heterocycles. The summed E-state index contributed by atoms with van der Waals surface area (Å²) in [7, 11) is 0. The van der Waals surface area contributed by atoms with Gasteiger partial charge in [-0.25, -0.2) is 0 Å². The predicted octanol–water partition coefficient (Wildman–Crippen LogP) is 3.01. The standard InChI is InChI=1S/C25H37BrN2O5S/c1-7-9-27(15(5)6)23(31)21-25-12-17(26)20(34-25)18(24(32)33-10-8-2)19(25)22(30)28(21)16(13-29)11-14(3)4/h7-8,14-21,29H,1-2,9-13H2,3-6H3/t16-,17?,18+,19+,20+,21?,25?/m1/s1. The first-order chi connectivity index (χ1) is 16.0. The number of hydrogen-bond donors (Lipinski definition) is 1. The molecule has 1 N–H and O–H groups in total. The van der Waals surface area contributed by atoms with Gasteiger partial charge in [-0.1, -0.05) is 48.5 Å². The summed E-state index contributed by atoms with van der Waals surface area (Å²) in [6.45, 7) is 15.6. The minimum Gasteiger partial charge on any atom is -0.461 e. The van der Waals surface area contributed by atoms with E-state index in [0.717, 1.165) is 0 Å². The Morgan fingerprint density at radius 1 is 1.32 bits per heavy atom. The fourth-order valence-electron chi connectivity index (χ4n) is 5.92. The third-order valence-electron chi connectivity index (χ3n) is 7.16. The van der Waals surface area contributed by atoms with E-state index in [1.165, 1.54) is 6.08 Å². The molecule has 9 heteroatoms. The van der Waals surface area contributed by atoms with Gasteiger partial charge in [-0.05, 0) is 32.6 Å². The highest BCUT2D eigenvalue weighted by Gasteiger charge is 2.76. The van der Waals surface area contributed by atoms with Crippen LogP contribution in [0.15, 0.2) is 25.3 Å². The van der Waals surface area contributed by atoms with Crippen LogP contribution in [0.5, 0.6) is 0 Å². The van der Waals surface area contributed by atoms with Crippen LogP contribution >= 0.6 is 27.7 Å². The second-order valence-electron chi connectivity index (χ2n) is 10.2. The molecule has 1 spiro atoms. The summed E-state index contributed by atoms with van der Waals surface area (Å²) in [5.74, 6) is -1.90. The van der Waals surface area contributed by atoms with Crippen molar-refractivity contribution >= 4 is 45.5 Å². The summed E-state index contributed by atoms with van der Waals surface area (Å²) in [5, 5.41) is 10.2. The Morgan fingerprint density at radius 3 is 2.53 bits per heavy atom. The van der Waals surface area contributed by atoms with Gasteiger partial charge in [0.15, 0.2) is 0 Å². The number of thioether (sulfide) groups is 1. The van der Waals surface area contributed by atoms with Crippen molar-refractivity contribution in [3.63, 3.8) is 0 Å². The monoisotopic (exact) mass is 556 g/mol. The van der Waals surface area contributed by atoms with Gasteiger partial charge in [0, 0.05) is 22.7 Å². The average molecular weight is 558 g/mol. The fraction of sp³-hybridized carbons (Fsp3) is 0.720. The van der Waals surface area contributed by atoms with Crippen LogP contribution in [0.1, 0.15) is 40.5 Å². The number of carbonyl (C=O) groups is 3. The first kappa shape index (κ1) is 27.3.